The molecule has 2 unspecified atom stereocenters. The average molecular weight is 476 g/mol. The van der Waals surface area contributed by atoms with Crippen LogP contribution in [0.1, 0.15) is 44.1 Å². The molecule has 1 aliphatic carbocycles. The number of anilines is 1. The number of oxazole rings is 1. The van der Waals surface area contributed by atoms with Crippen LogP contribution in [-0.2, 0) is 4.74 Å². The minimum atomic E-state index is -0.525. The summed E-state index contributed by atoms with van der Waals surface area (Å²) in [5.74, 6) is -0.298. The van der Waals surface area contributed by atoms with Gasteiger partial charge in [-0.3, -0.25) is 14.8 Å². The number of aromatic nitrogens is 1. The summed E-state index contributed by atoms with van der Waals surface area (Å²) in [6.45, 7) is 1.97. The fourth-order valence-corrected chi connectivity index (χ4v) is 5.16. The number of fused-ring (bicyclic) bond motifs is 1. The molecule has 0 bridgehead atoms. The number of nitrogens with one attached hydrogen (secondary N) is 1. The van der Waals surface area contributed by atoms with Gasteiger partial charge in [0.1, 0.15) is 5.82 Å². The first kappa shape index (κ1) is 23.3. The van der Waals surface area contributed by atoms with E-state index in [2.05, 4.69) is 9.88 Å². The van der Waals surface area contributed by atoms with Crippen LogP contribution in [0, 0.1) is 5.82 Å². The molecule has 1 aliphatic heterocycles. The van der Waals surface area contributed by atoms with Gasteiger partial charge in [-0.2, -0.15) is 0 Å². The lowest BCUT2D eigenvalue weighted by molar-refractivity contribution is -0.0117. The Bertz CT molecular complexity index is 1190. The molecule has 1 saturated carbocycles. The molecule has 5 rings (SSSR count). The van der Waals surface area contributed by atoms with Gasteiger partial charge >= 0.3 is 11.8 Å². The zero-order valence-electron chi connectivity index (χ0n) is 18.5. The van der Waals surface area contributed by atoms with Crippen molar-refractivity contribution in [1.82, 2.24) is 9.88 Å². The number of ether oxygens (including phenoxy) is 1. The number of likely N-dealkylation sites (N-methyl/N-ethyl adjacent to an activating group) is 1. The number of hydrogen-bond donors (Lipinski definition) is 1. The van der Waals surface area contributed by atoms with Crippen molar-refractivity contribution in [2.45, 2.75) is 56.8 Å². The average Bonchev–Trinajstić information content (AvgIpc) is 3.31. The van der Waals surface area contributed by atoms with Crippen molar-refractivity contribution in [2.24, 2.45) is 0 Å². The number of carbonyl (C=O) groups excluding carboxylic acids is 1. The van der Waals surface area contributed by atoms with Gasteiger partial charge in [-0.25, -0.2) is 14.0 Å². The van der Waals surface area contributed by atoms with E-state index < -0.39 is 11.8 Å². The Morgan fingerprint density at radius 2 is 1.76 bits per heavy atom. The van der Waals surface area contributed by atoms with Crippen molar-refractivity contribution in [3.05, 3.63) is 64.4 Å². The molecule has 2 aliphatic rings. The fraction of sp³-hybridized carbons (Fsp3) is 0.417. The molecule has 2 heterocycles. The van der Waals surface area contributed by atoms with Crippen LogP contribution in [0.4, 0.5) is 14.9 Å². The number of carbonyl (C=O) groups is 1. The highest BCUT2D eigenvalue weighted by molar-refractivity contribution is 5.92. The molecule has 9 heteroatoms. The van der Waals surface area contributed by atoms with Crippen LogP contribution in [-0.4, -0.2) is 41.3 Å². The summed E-state index contributed by atoms with van der Waals surface area (Å²) in [6, 6.07) is 12.1. The largest absolute Gasteiger partial charge is 0.428 e. The molecule has 7 nitrogen and oxygen atoms in total. The summed E-state index contributed by atoms with van der Waals surface area (Å²) in [5.41, 5.74) is 2.81. The Hall–Kier alpha value is -2.84. The second-order valence-electron chi connectivity index (χ2n) is 8.80. The Labute approximate surface area is 196 Å². The highest BCUT2D eigenvalue weighted by Gasteiger charge is 2.44. The maximum absolute atomic E-state index is 13.2. The Morgan fingerprint density at radius 3 is 2.45 bits per heavy atom. The maximum Gasteiger partial charge on any atom is 0.417 e. The fourth-order valence-electron chi connectivity index (χ4n) is 5.16. The van der Waals surface area contributed by atoms with Gasteiger partial charge in [0.2, 0.25) is 0 Å². The smallest absolute Gasteiger partial charge is 0.417 e. The molecule has 1 N–H and O–H groups in total. The van der Waals surface area contributed by atoms with Crippen LogP contribution < -0.4 is 10.7 Å². The number of aromatic amines is 1. The molecule has 2 fully saturated rings. The first-order chi connectivity index (χ1) is 15.4. The van der Waals surface area contributed by atoms with Crippen LogP contribution in [0.3, 0.4) is 0 Å². The SMILES string of the molecule is CC1C(N(C)C2CCC(c3ccc(F)cc3)CC2)OC(=O)N1c1ccc2[nH]c(=O)oc2c1.Cl. The van der Waals surface area contributed by atoms with E-state index in [1.807, 2.05) is 26.1 Å². The number of hydrogen-bond acceptors (Lipinski definition) is 5. The van der Waals surface area contributed by atoms with Crippen LogP contribution in [0.15, 0.2) is 51.7 Å². The molecule has 1 amide bonds. The number of amides is 1. The standard InChI is InChI=1S/C24H26FN3O4.ClH/c1-14-22(27(2)18-9-5-16(6-10-18)15-3-7-17(25)8-4-15)32-24(30)28(14)19-11-12-20-21(13-19)31-23(29)26-20;/h3-4,7-8,11-14,16,18,22H,5-6,9-10H2,1-2H3,(H,26,29);1H. The monoisotopic (exact) mass is 475 g/mol. The van der Waals surface area contributed by atoms with E-state index >= 15 is 0 Å². The molecule has 2 aromatic carbocycles. The molecular formula is C24H27ClFN3O4. The minimum absolute atomic E-state index is 0. The molecule has 0 radical (unpaired) electrons. The first-order valence-electron chi connectivity index (χ1n) is 11.0. The third-order valence-electron chi connectivity index (χ3n) is 6.94. The Balaban J connectivity index is 0.00000259. The molecule has 3 aromatic rings. The Morgan fingerprint density at radius 1 is 1.06 bits per heavy atom. The molecule has 2 atom stereocenters. The van der Waals surface area contributed by atoms with E-state index in [0.29, 0.717) is 28.7 Å². The molecular weight excluding hydrogens is 449 g/mol. The summed E-state index contributed by atoms with van der Waals surface area (Å²) in [5, 5.41) is 0. The van der Waals surface area contributed by atoms with Gasteiger partial charge in [-0.1, -0.05) is 12.1 Å². The second-order valence-corrected chi connectivity index (χ2v) is 8.80. The summed E-state index contributed by atoms with van der Waals surface area (Å²) in [4.78, 5) is 30.6. The highest BCUT2D eigenvalue weighted by atomic mass is 35.5. The normalized spacial score (nSPS) is 25.3. The summed E-state index contributed by atoms with van der Waals surface area (Å²) in [7, 11) is 2.01. The van der Waals surface area contributed by atoms with E-state index in [-0.39, 0.29) is 30.5 Å². The molecule has 33 heavy (non-hydrogen) atoms. The van der Waals surface area contributed by atoms with E-state index in [4.69, 9.17) is 9.15 Å². The third-order valence-corrected chi connectivity index (χ3v) is 6.94. The van der Waals surface area contributed by atoms with Crippen LogP contribution >= 0.6 is 12.4 Å². The van der Waals surface area contributed by atoms with Gasteiger partial charge in [0, 0.05) is 12.1 Å². The minimum Gasteiger partial charge on any atom is -0.428 e. The zero-order chi connectivity index (χ0) is 22.4. The van der Waals surface area contributed by atoms with Gasteiger partial charge in [-0.05, 0) is 75.4 Å². The lowest BCUT2D eigenvalue weighted by Gasteiger charge is -2.38. The molecule has 0 spiro atoms. The predicted octanol–water partition coefficient (Wildman–Crippen LogP) is 5.01. The zero-order valence-corrected chi connectivity index (χ0v) is 19.3. The van der Waals surface area contributed by atoms with Crippen LogP contribution in [0.5, 0.6) is 0 Å². The van der Waals surface area contributed by atoms with Crippen molar-refractivity contribution < 1.29 is 18.3 Å². The Kier molecular flexibility index (Phi) is 6.50. The van der Waals surface area contributed by atoms with Gasteiger partial charge in [0.25, 0.3) is 0 Å². The van der Waals surface area contributed by atoms with Crippen molar-refractivity contribution in [2.75, 3.05) is 11.9 Å². The molecule has 1 aromatic heterocycles. The highest BCUT2D eigenvalue weighted by Crippen LogP contribution is 2.37. The summed E-state index contributed by atoms with van der Waals surface area (Å²) < 4.78 is 24.1. The van der Waals surface area contributed by atoms with Gasteiger partial charge < -0.3 is 9.15 Å². The third kappa shape index (κ3) is 4.37. The number of nitrogens with zero attached hydrogens (tertiary/aromatic N) is 2. The number of rotatable bonds is 4. The van der Waals surface area contributed by atoms with Gasteiger partial charge in [0.05, 0.1) is 17.2 Å². The van der Waals surface area contributed by atoms with Crippen molar-refractivity contribution in [3.8, 4) is 0 Å². The van der Waals surface area contributed by atoms with Crippen LogP contribution in [0.25, 0.3) is 11.1 Å². The van der Waals surface area contributed by atoms with Gasteiger partial charge in [-0.15, -0.1) is 12.4 Å². The predicted molar refractivity (Wildman–Crippen MR) is 125 cm³/mol. The topological polar surface area (TPSA) is 78.8 Å². The maximum atomic E-state index is 13.2. The van der Waals surface area contributed by atoms with Crippen molar-refractivity contribution in [3.63, 3.8) is 0 Å². The first-order valence-corrected chi connectivity index (χ1v) is 11.0. The van der Waals surface area contributed by atoms with Gasteiger partial charge in [0.15, 0.2) is 11.8 Å². The lowest BCUT2D eigenvalue weighted by atomic mass is 9.81. The van der Waals surface area contributed by atoms with Crippen LogP contribution in [0.2, 0.25) is 0 Å². The lowest BCUT2D eigenvalue weighted by Crippen LogP contribution is -2.48. The van der Waals surface area contributed by atoms with Crippen molar-refractivity contribution in [1.29, 1.82) is 0 Å². The summed E-state index contributed by atoms with van der Waals surface area (Å²) >= 11 is 0. The number of H-pyrrole nitrogens is 1. The van der Waals surface area contributed by atoms with E-state index in [0.717, 1.165) is 25.7 Å². The van der Waals surface area contributed by atoms with E-state index in [9.17, 15) is 14.0 Å². The molecule has 176 valence electrons. The number of halogens is 2. The van der Waals surface area contributed by atoms with E-state index in [1.165, 1.54) is 17.7 Å². The number of cyclic esters (lactones) is 1. The molecule has 1 saturated heterocycles. The second kappa shape index (κ2) is 9.19. The summed E-state index contributed by atoms with van der Waals surface area (Å²) in [6.07, 6.45) is 3.22. The van der Waals surface area contributed by atoms with Crippen molar-refractivity contribution >= 4 is 35.3 Å². The number of benzene rings is 2. The van der Waals surface area contributed by atoms with E-state index in [1.54, 1.807) is 23.1 Å². The quantitative estimate of drug-likeness (QED) is 0.573.